The number of carbonyl (C=O) groups is 2. The minimum absolute atomic E-state index is 0. The van der Waals surface area contributed by atoms with Gasteiger partial charge in [-0.05, 0) is 30.7 Å². The molecule has 0 unspecified atom stereocenters. The smallest absolute Gasteiger partial charge is 0.335 e. The van der Waals surface area contributed by atoms with E-state index in [4.69, 9.17) is 14.3 Å². The van der Waals surface area contributed by atoms with E-state index in [1.54, 1.807) is 30.3 Å². The highest BCUT2D eigenvalue weighted by Gasteiger charge is 2.18. The molecule has 0 bridgehead atoms. The van der Waals surface area contributed by atoms with Crippen molar-refractivity contribution in [1.29, 1.82) is 0 Å². The molecule has 0 atom stereocenters. The van der Waals surface area contributed by atoms with Gasteiger partial charge in [-0.2, -0.15) is 0 Å². The van der Waals surface area contributed by atoms with Gasteiger partial charge in [0.05, 0.1) is 30.7 Å². The van der Waals surface area contributed by atoms with E-state index >= 15 is 0 Å². The van der Waals surface area contributed by atoms with Crippen molar-refractivity contribution in [1.82, 2.24) is 4.90 Å². The monoisotopic (exact) mass is 486 g/mol. The number of morpholine rings is 1. The third-order valence-electron chi connectivity index (χ3n) is 5.64. The van der Waals surface area contributed by atoms with Gasteiger partial charge in [0.2, 0.25) is 5.91 Å². The Hall–Kier alpha value is -3.20. The van der Waals surface area contributed by atoms with E-state index in [2.05, 4.69) is 5.32 Å². The van der Waals surface area contributed by atoms with Crippen LogP contribution < -0.4 is 10.7 Å². The van der Waals surface area contributed by atoms with Crippen LogP contribution in [0.3, 0.4) is 0 Å². The molecule has 180 valence electrons. The quantitative estimate of drug-likeness (QED) is 0.522. The van der Waals surface area contributed by atoms with Crippen molar-refractivity contribution in [2.75, 3.05) is 38.2 Å². The first-order chi connectivity index (χ1) is 16.0. The minimum atomic E-state index is -1.02. The molecular weight excluding hydrogens is 460 g/mol. The Bertz CT molecular complexity index is 1230. The molecule has 3 aromatic rings. The van der Waals surface area contributed by atoms with Crippen molar-refractivity contribution >= 4 is 40.9 Å². The fourth-order valence-corrected chi connectivity index (χ4v) is 3.95. The molecule has 34 heavy (non-hydrogen) atoms. The zero-order valence-electron chi connectivity index (χ0n) is 18.8. The number of carbonyl (C=O) groups excluding carboxylic acids is 1. The molecule has 2 aromatic carbocycles. The third-order valence-corrected chi connectivity index (χ3v) is 5.64. The van der Waals surface area contributed by atoms with Gasteiger partial charge < -0.3 is 19.6 Å². The van der Waals surface area contributed by atoms with E-state index in [0.717, 1.165) is 6.42 Å². The van der Waals surface area contributed by atoms with E-state index in [0.29, 0.717) is 66.3 Å². The van der Waals surface area contributed by atoms with Crippen LogP contribution in [-0.2, 0) is 16.0 Å². The summed E-state index contributed by atoms with van der Waals surface area (Å²) in [5, 5.41) is 12.5. The normalized spacial score (nSPS) is 13.9. The summed E-state index contributed by atoms with van der Waals surface area (Å²) < 4.78 is 11.5. The first kappa shape index (κ1) is 25.4. The van der Waals surface area contributed by atoms with Crippen molar-refractivity contribution in [3.8, 4) is 11.3 Å². The standard InChI is InChI=1S/C25H26N2O6.ClH/c1-2-3-20-23(29)19-9-8-18(26-22(28)15-27-10-12-32-13-11-27)14-21(19)33-24(20)16-4-6-17(7-5-16)25(30)31;/h4-9,14H,2-3,10-13,15H2,1H3,(H,26,28)(H,30,31);1H. The lowest BCUT2D eigenvalue weighted by atomic mass is 10.00. The average molecular weight is 487 g/mol. The molecule has 0 aliphatic carbocycles. The Kier molecular flexibility index (Phi) is 8.44. The molecule has 1 saturated heterocycles. The molecule has 2 heterocycles. The number of aromatic carboxylic acids is 1. The Morgan fingerprint density at radius 2 is 1.79 bits per heavy atom. The predicted octanol–water partition coefficient (Wildman–Crippen LogP) is 3.80. The summed E-state index contributed by atoms with van der Waals surface area (Å²) in [5.74, 6) is -0.749. The molecule has 1 fully saturated rings. The summed E-state index contributed by atoms with van der Waals surface area (Å²) in [4.78, 5) is 38.9. The van der Waals surface area contributed by atoms with E-state index in [1.807, 2.05) is 11.8 Å². The van der Waals surface area contributed by atoms with Crippen LogP contribution in [0, 0.1) is 0 Å². The number of nitrogens with zero attached hydrogens (tertiary/aromatic N) is 1. The first-order valence-corrected chi connectivity index (χ1v) is 11.0. The van der Waals surface area contributed by atoms with Gasteiger partial charge in [0.25, 0.3) is 0 Å². The molecule has 9 heteroatoms. The molecule has 0 spiro atoms. The summed E-state index contributed by atoms with van der Waals surface area (Å²) in [7, 11) is 0. The number of hydrogen-bond acceptors (Lipinski definition) is 6. The number of anilines is 1. The highest BCUT2D eigenvalue weighted by atomic mass is 35.5. The maximum Gasteiger partial charge on any atom is 0.335 e. The van der Waals surface area contributed by atoms with Crippen LogP contribution in [0.15, 0.2) is 51.7 Å². The number of nitrogens with one attached hydrogen (secondary N) is 1. The highest BCUT2D eigenvalue weighted by molar-refractivity contribution is 5.94. The lowest BCUT2D eigenvalue weighted by molar-refractivity contribution is -0.118. The molecule has 8 nitrogen and oxygen atoms in total. The third kappa shape index (κ3) is 5.64. The summed E-state index contributed by atoms with van der Waals surface area (Å²) >= 11 is 0. The summed E-state index contributed by atoms with van der Waals surface area (Å²) in [6, 6.07) is 11.3. The lowest BCUT2D eigenvalue weighted by Gasteiger charge is -2.25. The zero-order chi connectivity index (χ0) is 23.4. The Morgan fingerprint density at radius 1 is 1.09 bits per heavy atom. The van der Waals surface area contributed by atoms with E-state index in [-0.39, 0.29) is 35.9 Å². The largest absolute Gasteiger partial charge is 0.478 e. The van der Waals surface area contributed by atoms with E-state index in [9.17, 15) is 14.4 Å². The van der Waals surface area contributed by atoms with Gasteiger partial charge in [0.1, 0.15) is 11.3 Å². The van der Waals surface area contributed by atoms with Crippen molar-refractivity contribution in [3.63, 3.8) is 0 Å². The van der Waals surface area contributed by atoms with Crippen LogP contribution in [-0.4, -0.2) is 54.7 Å². The van der Waals surface area contributed by atoms with Gasteiger partial charge in [-0.25, -0.2) is 4.79 Å². The molecule has 1 aliphatic rings. The topological polar surface area (TPSA) is 109 Å². The fourth-order valence-electron chi connectivity index (χ4n) is 3.95. The first-order valence-electron chi connectivity index (χ1n) is 11.0. The highest BCUT2D eigenvalue weighted by Crippen LogP contribution is 2.28. The summed E-state index contributed by atoms with van der Waals surface area (Å²) in [5.41, 5.74) is 2.12. The van der Waals surface area contributed by atoms with Gasteiger partial charge in [0.15, 0.2) is 5.43 Å². The number of carboxylic acid groups (broad SMARTS) is 1. The predicted molar refractivity (Wildman–Crippen MR) is 132 cm³/mol. The maximum atomic E-state index is 13.2. The van der Waals surface area contributed by atoms with Crippen molar-refractivity contribution in [2.24, 2.45) is 0 Å². The van der Waals surface area contributed by atoms with E-state index in [1.165, 1.54) is 12.1 Å². The lowest BCUT2D eigenvalue weighted by Crippen LogP contribution is -2.41. The van der Waals surface area contributed by atoms with Crippen molar-refractivity contribution in [2.45, 2.75) is 19.8 Å². The second-order valence-electron chi connectivity index (χ2n) is 8.02. The van der Waals surface area contributed by atoms with Crippen LogP contribution in [0.2, 0.25) is 0 Å². The molecule has 4 rings (SSSR count). The van der Waals surface area contributed by atoms with Gasteiger partial charge in [-0.3, -0.25) is 14.5 Å². The number of hydrogen-bond donors (Lipinski definition) is 2. The minimum Gasteiger partial charge on any atom is -0.478 e. The molecule has 1 amide bonds. The van der Waals surface area contributed by atoms with E-state index < -0.39 is 5.97 Å². The zero-order valence-corrected chi connectivity index (χ0v) is 19.7. The fraction of sp³-hybridized carbons (Fsp3) is 0.320. The number of carboxylic acids is 1. The SMILES string of the molecule is CCCc1c(-c2ccc(C(=O)O)cc2)oc2cc(NC(=O)CN3CCOCC3)ccc2c1=O.Cl. The number of rotatable bonds is 7. The second-order valence-corrected chi connectivity index (χ2v) is 8.02. The van der Waals surface area contributed by atoms with Crippen LogP contribution >= 0.6 is 12.4 Å². The summed E-state index contributed by atoms with van der Waals surface area (Å²) in [6.45, 7) is 4.90. The number of benzene rings is 2. The van der Waals surface area contributed by atoms with Crippen LogP contribution in [0.5, 0.6) is 0 Å². The van der Waals surface area contributed by atoms with Crippen LogP contribution in [0.1, 0.15) is 29.3 Å². The molecule has 2 N–H and O–H groups in total. The number of fused-ring (bicyclic) bond motifs is 1. The van der Waals surface area contributed by atoms with Crippen LogP contribution in [0.25, 0.3) is 22.3 Å². The summed E-state index contributed by atoms with van der Waals surface area (Å²) in [6.07, 6.45) is 1.29. The van der Waals surface area contributed by atoms with Crippen molar-refractivity contribution < 1.29 is 23.8 Å². The van der Waals surface area contributed by atoms with Crippen molar-refractivity contribution in [3.05, 3.63) is 63.8 Å². The Labute approximate surface area is 202 Å². The average Bonchev–Trinajstić information content (AvgIpc) is 2.81. The van der Waals surface area contributed by atoms with Gasteiger partial charge >= 0.3 is 5.97 Å². The Balaban J connectivity index is 0.00000324. The maximum absolute atomic E-state index is 13.2. The number of amides is 1. The molecule has 1 aliphatic heterocycles. The second kappa shape index (κ2) is 11.3. The van der Waals surface area contributed by atoms with Gasteiger partial charge in [0, 0.05) is 36.0 Å². The Morgan fingerprint density at radius 3 is 2.44 bits per heavy atom. The number of ether oxygens (including phenoxy) is 1. The number of halogens is 1. The molecule has 1 aromatic heterocycles. The molecule has 0 saturated carbocycles. The molecule has 0 radical (unpaired) electrons. The van der Waals surface area contributed by atoms with Gasteiger partial charge in [-0.15, -0.1) is 12.4 Å². The van der Waals surface area contributed by atoms with Gasteiger partial charge in [-0.1, -0.05) is 25.5 Å². The van der Waals surface area contributed by atoms with Crippen LogP contribution in [0.4, 0.5) is 5.69 Å². The molecular formula is C25H27ClN2O6.